The number of carbonyl (C=O) groups is 1. The van der Waals surface area contributed by atoms with Crippen molar-refractivity contribution in [2.75, 3.05) is 24.3 Å². The quantitative estimate of drug-likeness (QED) is 0.370. The Morgan fingerprint density at radius 2 is 1.82 bits per heavy atom. The molecule has 2 aromatic carbocycles. The van der Waals surface area contributed by atoms with Gasteiger partial charge >= 0.3 is 0 Å². The molecule has 1 heterocycles. The number of ether oxygens (including phenoxy) is 1. The number of aromatic nitrogens is 3. The summed E-state index contributed by atoms with van der Waals surface area (Å²) in [5.41, 5.74) is 3.93. The summed E-state index contributed by atoms with van der Waals surface area (Å²) in [6, 6.07) is 15.9. The van der Waals surface area contributed by atoms with Gasteiger partial charge in [-0.1, -0.05) is 31.7 Å². The van der Waals surface area contributed by atoms with Crippen molar-refractivity contribution in [1.29, 1.82) is 5.26 Å². The molecule has 178 valence electrons. The smallest absolute Gasteiger partial charge is 0.237 e. The molecule has 0 bridgehead atoms. The SMILES string of the molecule is COc1ccc(-c2nnc(SCC(=O)N(CCC#N)c3cc(C)cc(C)c3)n2CC(C)C)cc1. The third kappa shape index (κ3) is 6.39. The second-order valence-electron chi connectivity index (χ2n) is 8.63. The van der Waals surface area contributed by atoms with Crippen LogP contribution in [0.5, 0.6) is 5.75 Å². The van der Waals surface area contributed by atoms with Crippen LogP contribution in [0.1, 0.15) is 31.4 Å². The number of carbonyl (C=O) groups excluding carboxylic acids is 1. The van der Waals surface area contributed by atoms with Crippen molar-refractivity contribution < 1.29 is 9.53 Å². The number of nitrogens with zero attached hydrogens (tertiary/aromatic N) is 5. The van der Waals surface area contributed by atoms with Crippen molar-refractivity contribution in [1.82, 2.24) is 14.8 Å². The van der Waals surface area contributed by atoms with Gasteiger partial charge in [0.15, 0.2) is 11.0 Å². The first-order valence-electron chi connectivity index (χ1n) is 11.3. The van der Waals surface area contributed by atoms with Gasteiger partial charge in [-0.05, 0) is 67.3 Å². The molecule has 1 amide bonds. The highest BCUT2D eigenvalue weighted by Gasteiger charge is 2.20. The molecule has 0 N–H and O–H groups in total. The molecule has 0 radical (unpaired) electrons. The molecule has 0 aliphatic heterocycles. The zero-order valence-corrected chi connectivity index (χ0v) is 21.2. The van der Waals surface area contributed by atoms with Crippen LogP contribution in [-0.4, -0.2) is 40.1 Å². The second-order valence-corrected chi connectivity index (χ2v) is 9.57. The van der Waals surface area contributed by atoms with Crippen LogP contribution >= 0.6 is 11.8 Å². The first kappa shape index (κ1) is 25.3. The van der Waals surface area contributed by atoms with Crippen LogP contribution in [0.3, 0.4) is 0 Å². The molecule has 3 rings (SSSR count). The molecule has 8 heteroatoms. The number of benzene rings is 2. The van der Waals surface area contributed by atoms with Crippen molar-refractivity contribution in [3.05, 3.63) is 53.6 Å². The fourth-order valence-electron chi connectivity index (χ4n) is 3.75. The van der Waals surface area contributed by atoms with Crippen molar-refractivity contribution in [3.8, 4) is 23.2 Å². The van der Waals surface area contributed by atoms with E-state index >= 15 is 0 Å². The average molecular weight is 478 g/mol. The highest BCUT2D eigenvalue weighted by Crippen LogP contribution is 2.28. The molecule has 0 saturated carbocycles. The minimum Gasteiger partial charge on any atom is -0.497 e. The molecule has 3 aromatic rings. The summed E-state index contributed by atoms with van der Waals surface area (Å²) < 4.78 is 7.33. The standard InChI is InChI=1S/C26H31N5O2S/c1-18(2)16-31-25(21-7-9-23(33-5)10-8-21)28-29-26(31)34-17-24(32)30(12-6-11-27)22-14-19(3)13-20(4)15-22/h7-10,13-15,18H,6,12,16-17H2,1-5H3. The third-order valence-corrected chi connectivity index (χ3v) is 6.16. The Balaban J connectivity index is 1.83. The van der Waals surface area contributed by atoms with E-state index in [-0.39, 0.29) is 18.1 Å². The van der Waals surface area contributed by atoms with Crippen LogP contribution in [-0.2, 0) is 11.3 Å². The molecule has 34 heavy (non-hydrogen) atoms. The number of methoxy groups -OCH3 is 1. The van der Waals surface area contributed by atoms with Crippen LogP contribution in [0.4, 0.5) is 5.69 Å². The lowest BCUT2D eigenvalue weighted by molar-refractivity contribution is -0.116. The van der Waals surface area contributed by atoms with Gasteiger partial charge < -0.3 is 14.2 Å². The fourth-order valence-corrected chi connectivity index (χ4v) is 4.57. The zero-order chi connectivity index (χ0) is 24.7. The lowest BCUT2D eigenvalue weighted by atomic mass is 10.1. The lowest BCUT2D eigenvalue weighted by Crippen LogP contribution is -2.33. The zero-order valence-electron chi connectivity index (χ0n) is 20.4. The van der Waals surface area contributed by atoms with Gasteiger partial charge in [0.25, 0.3) is 0 Å². The molecular weight excluding hydrogens is 446 g/mol. The molecule has 0 aliphatic carbocycles. The monoisotopic (exact) mass is 477 g/mol. The molecule has 0 atom stereocenters. The van der Waals surface area contributed by atoms with Crippen molar-refractivity contribution in [2.24, 2.45) is 5.92 Å². The predicted molar refractivity (Wildman–Crippen MR) is 136 cm³/mol. The molecular formula is C26H31N5O2S. The van der Waals surface area contributed by atoms with Gasteiger partial charge in [0.2, 0.25) is 5.91 Å². The minimum absolute atomic E-state index is 0.0599. The summed E-state index contributed by atoms with van der Waals surface area (Å²) in [5, 5.41) is 18.6. The van der Waals surface area contributed by atoms with Crippen LogP contribution in [0, 0.1) is 31.1 Å². The van der Waals surface area contributed by atoms with Crippen molar-refractivity contribution in [3.63, 3.8) is 0 Å². The van der Waals surface area contributed by atoms with Crippen LogP contribution in [0.25, 0.3) is 11.4 Å². The first-order chi connectivity index (χ1) is 16.3. The van der Waals surface area contributed by atoms with E-state index in [1.54, 1.807) is 12.0 Å². The van der Waals surface area contributed by atoms with E-state index in [2.05, 4.69) is 40.7 Å². The van der Waals surface area contributed by atoms with Gasteiger partial charge in [-0.25, -0.2) is 0 Å². The number of hydrogen-bond acceptors (Lipinski definition) is 6. The maximum atomic E-state index is 13.3. The molecule has 0 aliphatic rings. The highest BCUT2D eigenvalue weighted by molar-refractivity contribution is 7.99. The predicted octanol–water partition coefficient (Wildman–Crippen LogP) is 5.27. The number of amides is 1. The summed E-state index contributed by atoms with van der Waals surface area (Å²) in [5.74, 6) is 2.07. The van der Waals surface area contributed by atoms with Gasteiger partial charge in [-0.15, -0.1) is 10.2 Å². The van der Waals surface area contributed by atoms with Crippen LogP contribution < -0.4 is 9.64 Å². The summed E-state index contributed by atoms with van der Waals surface area (Å²) >= 11 is 1.38. The maximum absolute atomic E-state index is 13.3. The second kappa shape index (κ2) is 11.7. The van der Waals surface area contributed by atoms with Gasteiger partial charge in [-0.2, -0.15) is 5.26 Å². The Hall–Kier alpha value is -3.31. The summed E-state index contributed by atoms with van der Waals surface area (Å²) in [6.07, 6.45) is 0.272. The van der Waals surface area contributed by atoms with E-state index in [4.69, 9.17) is 10.00 Å². The number of nitriles is 1. The van der Waals surface area contributed by atoms with Crippen molar-refractivity contribution in [2.45, 2.75) is 45.8 Å². The Morgan fingerprint density at radius 3 is 2.41 bits per heavy atom. The van der Waals surface area contributed by atoms with Crippen LogP contribution in [0.2, 0.25) is 0 Å². The molecule has 0 saturated heterocycles. The lowest BCUT2D eigenvalue weighted by Gasteiger charge is -2.23. The molecule has 0 fully saturated rings. The Bertz CT molecular complexity index is 1140. The van der Waals surface area contributed by atoms with Gasteiger partial charge in [0, 0.05) is 24.3 Å². The molecule has 0 spiro atoms. The summed E-state index contributed by atoms with van der Waals surface area (Å²) in [7, 11) is 1.64. The van der Waals surface area contributed by atoms with E-state index in [1.807, 2.05) is 50.2 Å². The number of aryl methyl sites for hydroxylation is 2. The Kier molecular flexibility index (Phi) is 8.72. The summed E-state index contributed by atoms with van der Waals surface area (Å²) in [4.78, 5) is 14.9. The van der Waals surface area contributed by atoms with E-state index < -0.39 is 0 Å². The van der Waals surface area contributed by atoms with Crippen molar-refractivity contribution >= 4 is 23.4 Å². The Labute approximate surface area is 205 Å². The topological polar surface area (TPSA) is 84.0 Å². The Morgan fingerprint density at radius 1 is 1.15 bits per heavy atom. The maximum Gasteiger partial charge on any atom is 0.237 e. The fraction of sp³-hybridized carbons (Fsp3) is 0.385. The van der Waals surface area contributed by atoms with Crippen LogP contribution in [0.15, 0.2) is 47.6 Å². The first-order valence-corrected chi connectivity index (χ1v) is 12.3. The normalized spacial score (nSPS) is 10.9. The number of hydrogen-bond donors (Lipinski definition) is 0. The largest absolute Gasteiger partial charge is 0.497 e. The van der Waals surface area contributed by atoms with Gasteiger partial charge in [0.1, 0.15) is 5.75 Å². The number of rotatable bonds is 10. The van der Waals surface area contributed by atoms with E-state index in [0.717, 1.165) is 40.5 Å². The van der Waals surface area contributed by atoms with E-state index in [9.17, 15) is 4.79 Å². The highest BCUT2D eigenvalue weighted by atomic mass is 32.2. The van der Waals surface area contributed by atoms with E-state index in [0.29, 0.717) is 17.6 Å². The summed E-state index contributed by atoms with van der Waals surface area (Å²) in [6.45, 7) is 9.39. The number of thioether (sulfide) groups is 1. The average Bonchev–Trinajstić information content (AvgIpc) is 3.19. The molecule has 7 nitrogen and oxygen atoms in total. The number of anilines is 1. The minimum atomic E-state index is -0.0599. The van der Waals surface area contributed by atoms with E-state index in [1.165, 1.54) is 11.8 Å². The third-order valence-electron chi connectivity index (χ3n) is 5.20. The molecule has 0 unspecified atom stereocenters. The molecule has 1 aromatic heterocycles. The van der Waals surface area contributed by atoms with Gasteiger partial charge in [0.05, 0.1) is 25.4 Å². The van der Waals surface area contributed by atoms with Gasteiger partial charge in [-0.3, -0.25) is 4.79 Å².